The number of thiazole rings is 1. The lowest BCUT2D eigenvalue weighted by molar-refractivity contribution is -0.127. The number of aliphatic imine (C=N–C) groups is 1. The molecule has 2 rings (SSSR count). The first-order chi connectivity index (χ1) is 11.8. The Morgan fingerprint density at radius 3 is 3.00 bits per heavy atom. The van der Waals surface area contributed by atoms with Crippen molar-refractivity contribution >= 4 is 58.9 Å². The number of hydrogen-bond acceptors (Lipinski definition) is 5. The topological polar surface area (TPSA) is 69.6 Å². The van der Waals surface area contributed by atoms with Gasteiger partial charge < -0.3 is 15.5 Å². The van der Waals surface area contributed by atoms with Crippen molar-refractivity contribution in [1.29, 1.82) is 0 Å². The first-order valence-electron chi connectivity index (χ1n) is 8.62. The fourth-order valence-corrected chi connectivity index (χ4v) is 4.09. The summed E-state index contributed by atoms with van der Waals surface area (Å²) < 4.78 is 1.13. The second-order valence-corrected chi connectivity index (χ2v) is 7.76. The highest BCUT2D eigenvalue weighted by atomic mass is 127. The lowest BCUT2D eigenvalue weighted by Crippen LogP contribution is -2.39. The van der Waals surface area contributed by atoms with Crippen LogP contribution in [0.3, 0.4) is 0 Å². The van der Waals surface area contributed by atoms with Gasteiger partial charge in [-0.3, -0.25) is 9.79 Å². The first kappa shape index (κ1) is 22.5. The zero-order chi connectivity index (χ0) is 17.0. The van der Waals surface area contributed by atoms with Crippen molar-refractivity contribution in [2.24, 2.45) is 4.99 Å². The summed E-state index contributed by atoms with van der Waals surface area (Å²) in [5.41, 5.74) is 0. The maximum atomic E-state index is 11.6. The lowest BCUT2D eigenvalue weighted by atomic mass is 10.4. The molecule has 1 aliphatic heterocycles. The van der Waals surface area contributed by atoms with Gasteiger partial charge >= 0.3 is 0 Å². The lowest BCUT2D eigenvalue weighted by Gasteiger charge is -2.16. The van der Waals surface area contributed by atoms with E-state index in [-0.39, 0.29) is 24.0 Å². The Morgan fingerprint density at radius 2 is 2.32 bits per heavy atom. The number of carbonyl (C=O) groups is 1. The van der Waals surface area contributed by atoms with Crippen LogP contribution in [0, 0.1) is 0 Å². The van der Waals surface area contributed by atoms with Gasteiger partial charge in [0, 0.05) is 56.5 Å². The molecule has 1 fully saturated rings. The molecule has 142 valence electrons. The van der Waals surface area contributed by atoms with Gasteiger partial charge in [-0.05, 0) is 26.2 Å². The van der Waals surface area contributed by atoms with E-state index in [0.29, 0.717) is 5.91 Å². The number of likely N-dealkylation sites (tertiary alicyclic amines) is 1. The molecule has 0 aromatic carbocycles. The number of thioether (sulfide) groups is 1. The maximum absolute atomic E-state index is 11.6. The molecule has 9 heteroatoms. The summed E-state index contributed by atoms with van der Waals surface area (Å²) in [5.74, 6) is 2.20. The van der Waals surface area contributed by atoms with Crippen molar-refractivity contribution in [2.45, 2.75) is 36.9 Å². The van der Waals surface area contributed by atoms with E-state index in [9.17, 15) is 4.79 Å². The van der Waals surface area contributed by atoms with Gasteiger partial charge in [0.05, 0.1) is 0 Å². The predicted molar refractivity (Wildman–Crippen MR) is 117 cm³/mol. The largest absolute Gasteiger partial charge is 0.357 e. The van der Waals surface area contributed by atoms with Gasteiger partial charge in [-0.25, -0.2) is 4.98 Å². The number of guanidine groups is 1. The van der Waals surface area contributed by atoms with Crippen LogP contribution in [0.5, 0.6) is 0 Å². The maximum Gasteiger partial charge on any atom is 0.222 e. The van der Waals surface area contributed by atoms with Crippen molar-refractivity contribution in [3.8, 4) is 0 Å². The van der Waals surface area contributed by atoms with Gasteiger partial charge in [0.1, 0.15) is 4.34 Å². The van der Waals surface area contributed by atoms with Crippen LogP contribution in [-0.2, 0) is 4.79 Å². The molecule has 2 N–H and O–H groups in total. The smallest absolute Gasteiger partial charge is 0.222 e. The Balaban J connectivity index is 0.00000312. The molecule has 25 heavy (non-hydrogen) atoms. The van der Waals surface area contributed by atoms with Crippen LogP contribution in [0.15, 0.2) is 20.9 Å². The number of nitrogens with zero attached hydrogens (tertiary/aromatic N) is 3. The van der Waals surface area contributed by atoms with Crippen LogP contribution in [0.1, 0.15) is 32.6 Å². The van der Waals surface area contributed by atoms with Crippen molar-refractivity contribution in [3.63, 3.8) is 0 Å². The van der Waals surface area contributed by atoms with E-state index in [1.54, 1.807) is 23.1 Å². The third-order valence-electron chi connectivity index (χ3n) is 3.62. The van der Waals surface area contributed by atoms with Crippen LogP contribution in [0.4, 0.5) is 0 Å². The minimum atomic E-state index is 0. The monoisotopic (exact) mass is 497 g/mol. The molecule has 1 aliphatic rings. The summed E-state index contributed by atoms with van der Waals surface area (Å²) in [6.45, 7) is 6.32. The summed E-state index contributed by atoms with van der Waals surface area (Å²) in [6, 6.07) is 0. The number of hydrogen-bond donors (Lipinski definition) is 2. The predicted octanol–water partition coefficient (Wildman–Crippen LogP) is 2.81. The molecule has 1 aromatic rings. The van der Waals surface area contributed by atoms with Gasteiger partial charge in [0.25, 0.3) is 0 Å². The van der Waals surface area contributed by atoms with E-state index in [4.69, 9.17) is 0 Å². The highest BCUT2D eigenvalue weighted by Gasteiger charge is 2.18. The van der Waals surface area contributed by atoms with Crippen molar-refractivity contribution < 1.29 is 4.79 Å². The molecule has 0 radical (unpaired) electrons. The minimum Gasteiger partial charge on any atom is -0.357 e. The SMILES string of the molecule is CCNC(=NCCCSc1nccs1)NCCCN1CCCC1=O.I. The fraction of sp³-hybridized carbons (Fsp3) is 0.688. The molecular weight excluding hydrogens is 469 g/mol. The van der Waals surface area contributed by atoms with Crippen molar-refractivity contribution in [2.75, 3.05) is 38.5 Å². The Kier molecular flexibility index (Phi) is 12.3. The fourth-order valence-electron chi connectivity index (χ4n) is 2.46. The zero-order valence-corrected chi connectivity index (χ0v) is 18.7. The van der Waals surface area contributed by atoms with Gasteiger partial charge in [-0.15, -0.1) is 35.3 Å². The van der Waals surface area contributed by atoms with Crippen LogP contribution in [0.2, 0.25) is 0 Å². The molecule has 0 aliphatic carbocycles. The van der Waals surface area contributed by atoms with Crippen LogP contribution in [-0.4, -0.2) is 60.2 Å². The second-order valence-electron chi connectivity index (χ2n) is 5.53. The van der Waals surface area contributed by atoms with Gasteiger partial charge in [-0.2, -0.15) is 0 Å². The summed E-state index contributed by atoms with van der Waals surface area (Å²) in [5, 5.41) is 8.62. The molecule has 2 heterocycles. The third kappa shape index (κ3) is 9.09. The van der Waals surface area contributed by atoms with E-state index in [2.05, 4.69) is 27.5 Å². The molecular formula is C16H28IN5OS2. The Morgan fingerprint density at radius 1 is 1.44 bits per heavy atom. The highest BCUT2D eigenvalue weighted by molar-refractivity contribution is 14.0. The quantitative estimate of drug-likeness (QED) is 0.171. The van der Waals surface area contributed by atoms with Gasteiger partial charge in [0.15, 0.2) is 5.96 Å². The summed E-state index contributed by atoms with van der Waals surface area (Å²) >= 11 is 3.47. The standard InChI is InChI=1S/C16H27N5OS2.HI/c1-2-17-15(18-7-4-11-21-10-3-6-14(21)22)19-8-5-12-23-16-20-9-13-24-16;/h9,13H,2-8,10-12H2,1H3,(H2,17,18,19);1H. The van der Waals surface area contributed by atoms with E-state index in [1.165, 1.54) is 0 Å². The van der Waals surface area contributed by atoms with Crippen molar-refractivity contribution in [1.82, 2.24) is 20.5 Å². The molecule has 1 saturated heterocycles. The van der Waals surface area contributed by atoms with Gasteiger partial charge in [-0.1, -0.05) is 11.8 Å². The van der Waals surface area contributed by atoms with Crippen molar-refractivity contribution in [3.05, 3.63) is 11.6 Å². The molecule has 1 aromatic heterocycles. The minimum absolute atomic E-state index is 0. The first-order valence-corrected chi connectivity index (χ1v) is 10.5. The number of aromatic nitrogens is 1. The molecule has 0 bridgehead atoms. The van der Waals surface area contributed by atoms with Crippen LogP contribution < -0.4 is 10.6 Å². The number of halogens is 1. The Bertz CT molecular complexity index is 513. The molecule has 6 nitrogen and oxygen atoms in total. The van der Waals surface area contributed by atoms with E-state index in [1.807, 2.05) is 16.5 Å². The average molecular weight is 497 g/mol. The highest BCUT2D eigenvalue weighted by Crippen LogP contribution is 2.20. The van der Waals surface area contributed by atoms with E-state index < -0.39 is 0 Å². The average Bonchev–Trinajstić information content (AvgIpc) is 3.23. The molecule has 1 amide bonds. The Labute approximate surface area is 175 Å². The summed E-state index contributed by atoms with van der Waals surface area (Å²) in [4.78, 5) is 22.4. The molecule has 0 saturated carbocycles. The summed E-state index contributed by atoms with van der Waals surface area (Å²) in [7, 11) is 0. The second kappa shape index (κ2) is 13.6. The number of amides is 1. The zero-order valence-electron chi connectivity index (χ0n) is 14.7. The third-order valence-corrected chi connectivity index (χ3v) is 5.67. The van der Waals surface area contributed by atoms with Gasteiger partial charge in [0.2, 0.25) is 5.91 Å². The van der Waals surface area contributed by atoms with E-state index >= 15 is 0 Å². The molecule has 0 spiro atoms. The van der Waals surface area contributed by atoms with Crippen LogP contribution in [0.25, 0.3) is 0 Å². The number of rotatable bonds is 10. The number of nitrogens with one attached hydrogen (secondary N) is 2. The Hall–Kier alpha value is -0.550. The summed E-state index contributed by atoms with van der Waals surface area (Å²) in [6.07, 6.45) is 5.55. The molecule has 0 atom stereocenters. The van der Waals surface area contributed by atoms with Crippen LogP contribution >= 0.6 is 47.1 Å². The molecule has 0 unspecified atom stereocenters. The normalized spacial score (nSPS) is 14.5. The van der Waals surface area contributed by atoms with E-state index in [0.717, 1.165) is 74.5 Å². The number of carbonyl (C=O) groups excluding carboxylic acids is 1.